The first kappa shape index (κ1) is 15.7. The van der Waals surface area contributed by atoms with Crippen molar-refractivity contribution in [2.24, 2.45) is 0 Å². The maximum atomic E-state index is 6.46. The van der Waals surface area contributed by atoms with Gasteiger partial charge in [0.2, 0.25) is 8.32 Å². The fourth-order valence-corrected chi connectivity index (χ4v) is 8.56. The third kappa shape index (κ3) is 3.36. The molecule has 0 unspecified atom stereocenters. The minimum Gasteiger partial charge on any atom is -0.412 e. The third-order valence-electron chi connectivity index (χ3n) is 3.52. The van der Waals surface area contributed by atoms with Crippen molar-refractivity contribution in [2.75, 3.05) is 0 Å². The highest BCUT2D eigenvalue weighted by Crippen LogP contribution is 2.43. The van der Waals surface area contributed by atoms with E-state index in [0.717, 1.165) is 6.42 Å². The molecule has 0 bridgehead atoms. The van der Waals surface area contributed by atoms with Gasteiger partial charge in [-0.25, -0.2) is 0 Å². The Labute approximate surface area is 103 Å². The van der Waals surface area contributed by atoms with Crippen molar-refractivity contribution in [2.45, 2.75) is 77.6 Å². The van der Waals surface area contributed by atoms with E-state index in [0.29, 0.717) is 16.6 Å². The van der Waals surface area contributed by atoms with Gasteiger partial charge in [0.25, 0.3) is 0 Å². The van der Waals surface area contributed by atoms with Crippen LogP contribution in [-0.4, -0.2) is 14.4 Å². The normalized spacial score (nSPS) is 14.6. The van der Waals surface area contributed by atoms with Gasteiger partial charge >= 0.3 is 0 Å². The fourth-order valence-electron chi connectivity index (χ4n) is 2.96. The highest BCUT2D eigenvalue weighted by Gasteiger charge is 2.45. The van der Waals surface area contributed by atoms with Gasteiger partial charge in [-0.15, -0.1) is 12.3 Å². The first-order chi connectivity index (χ1) is 7.28. The van der Waals surface area contributed by atoms with E-state index in [1.165, 1.54) is 0 Å². The van der Waals surface area contributed by atoms with Crippen molar-refractivity contribution in [3.8, 4) is 12.3 Å². The van der Waals surface area contributed by atoms with Crippen LogP contribution in [0.4, 0.5) is 0 Å². The molecule has 0 aliphatic carbocycles. The standard InChI is InChI=1S/C14H28OSi/c1-9-10-14(8)15-16(11(2)3,12(4)5)13(6)7/h1,11-14H,10H2,2-8H3/t14-/m0/s1. The van der Waals surface area contributed by atoms with Crippen molar-refractivity contribution in [1.82, 2.24) is 0 Å². The number of hydrogen-bond acceptors (Lipinski definition) is 1. The zero-order valence-corrected chi connectivity index (χ0v) is 13.0. The molecule has 0 N–H and O–H groups in total. The average Bonchev–Trinajstić information content (AvgIpc) is 2.12. The monoisotopic (exact) mass is 240 g/mol. The van der Waals surface area contributed by atoms with Gasteiger partial charge < -0.3 is 4.43 Å². The van der Waals surface area contributed by atoms with E-state index in [-0.39, 0.29) is 6.10 Å². The van der Waals surface area contributed by atoms with Crippen LogP contribution < -0.4 is 0 Å². The lowest BCUT2D eigenvalue weighted by atomic mass is 10.3. The highest BCUT2D eigenvalue weighted by atomic mass is 28.4. The summed E-state index contributed by atoms with van der Waals surface area (Å²) in [5.74, 6) is 2.70. The van der Waals surface area contributed by atoms with Crippen molar-refractivity contribution in [3.63, 3.8) is 0 Å². The molecule has 0 heterocycles. The van der Waals surface area contributed by atoms with Crippen molar-refractivity contribution in [1.29, 1.82) is 0 Å². The van der Waals surface area contributed by atoms with Crippen molar-refractivity contribution < 1.29 is 4.43 Å². The number of terminal acetylenes is 1. The van der Waals surface area contributed by atoms with Gasteiger partial charge in [-0.2, -0.15) is 0 Å². The molecule has 0 spiro atoms. The summed E-state index contributed by atoms with van der Waals surface area (Å²) in [4.78, 5) is 0. The quantitative estimate of drug-likeness (QED) is 0.487. The van der Waals surface area contributed by atoms with Crippen LogP contribution in [0.15, 0.2) is 0 Å². The van der Waals surface area contributed by atoms with Gasteiger partial charge in [0.15, 0.2) is 0 Å². The molecule has 0 fully saturated rings. The second-order valence-electron chi connectivity index (χ2n) is 5.65. The molecular weight excluding hydrogens is 212 g/mol. The van der Waals surface area contributed by atoms with Gasteiger partial charge in [0.05, 0.1) is 6.10 Å². The predicted octanol–water partition coefficient (Wildman–Crippen LogP) is 4.59. The molecular formula is C14H28OSi. The minimum absolute atomic E-state index is 0.198. The van der Waals surface area contributed by atoms with E-state index >= 15 is 0 Å². The minimum atomic E-state index is -1.72. The molecule has 0 aromatic rings. The van der Waals surface area contributed by atoms with Crippen LogP contribution >= 0.6 is 0 Å². The first-order valence-electron chi connectivity index (χ1n) is 6.40. The average molecular weight is 240 g/mol. The summed E-state index contributed by atoms with van der Waals surface area (Å²) in [6, 6.07) is 0. The Kier molecular flexibility index (Phi) is 6.36. The summed E-state index contributed by atoms with van der Waals surface area (Å²) in [6.07, 6.45) is 6.28. The first-order valence-corrected chi connectivity index (χ1v) is 8.54. The number of rotatable bonds is 6. The van der Waals surface area contributed by atoms with E-state index in [1.807, 2.05) is 0 Å². The molecule has 0 aromatic carbocycles. The van der Waals surface area contributed by atoms with Crippen LogP contribution in [0, 0.1) is 12.3 Å². The summed E-state index contributed by atoms with van der Waals surface area (Å²) in [5, 5.41) is 0. The van der Waals surface area contributed by atoms with E-state index in [4.69, 9.17) is 10.8 Å². The molecule has 0 saturated carbocycles. The van der Waals surface area contributed by atoms with Crippen LogP contribution in [-0.2, 0) is 4.43 Å². The number of hydrogen-bond donors (Lipinski definition) is 0. The highest BCUT2D eigenvalue weighted by molar-refractivity contribution is 6.77. The van der Waals surface area contributed by atoms with Crippen LogP contribution in [0.3, 0.4) is 0 Å². The Hall–Kier alpha value is -0.263. The lowest BCUT2D eigenvalue weighted by Gasteiger charge is -2.43. The summed E-state index contributed by atoms with van der Waals surface area (Å²) in [6.45, 7) is 15.9. The largest absolute Gasteiger partial charge is 0.412 e. The Bertz CT molecular complexity index is 216. The molecule has 0 aromatic heterocycles. The van der Waals surface area contributed by atoms with E-state index in [1.54, 1.807) is 0 Å². The van der Waals surface area contributed by atoms with Crippen LogP contribution in [0.25, 0.3) is 0 Å². The molecule has 16 heavy (non-hydrogen) atoms. The molecule has 0 radical (unpaired) electrons. The van der Waals surface area contributed by atoms with Crippen LogP contribution in [0.5, 0.6) is 0 Å². The summed E-state index contributed by atoms with van der Waals surface area (Å²) >= 11 is 0. The Morgan fingerprint density at radius 2 is 1.31 bits per heavy atom. The molecule has 0 aliphatic rings. The molecule has 0 saturated heterocycles. The fraction of sp³-hybridized carbons (Fsp3) is 0.857. The topological polar surface area (TPSA) is 9.23 Å². The molecule has 2 heteroatoms. The molecule has 0 rings (SSSR count). The van der Waals surface area contributed by atoms with Gasteiger partial charge in [0.1, 0.15) is 0 Å². The third-order valence-corrected chi connectivity index (χ3v) is 9.74. The van der Waals surface area contributed by atoms with E-state index in [2.05, 4.69) is 54.4 Å². The maximum Gasteiger partial charge on any atom is 0.200 e. The predicted molar refractivity (Wildman–Crippen MR) is 75.0 cm³/mol. The summed E-state index contributed by atoms with van der Waals surface area (Å²) in [7, 11) is -1.72. The molecule has 1 atom stereocenters. The van der Waals surface area contributed by atoms with E-state index < -0.39 is 8.32 Å². The van der Waals surface area contributed by atoms with Gasteiger partial charge in [0, 0.05) is 6.42 Å². The van der Waals surface area contributed by atoms with Crippen molar-refractivity contribution >= 4 is 8.32 Å². The molecule has 94 valence electrons. The molecule has 1 nitrogen and oxygen atoms in total. The molecule has 0 amide bonds. The van der Waals surface area contributed by atoms with Crippen LogP contribution in [0.2, 0.25) is 16.6 Å². The Morgan fingerprint density at radius 1 is 0.938 bits per heavy atom. The second kappa shape index (κ2) is 6.47. The Morgan fingerprint density at radius 3 is 1.56 bits per heavy atom. The van der Waals surface area contributed by atoms with Gasteiger partial charge in [-0.1, -0.05) is 41.5 Å². The van der Waals surface area contributed by atoms with Crippen LogP contribution in [0.1, 0.15) is 54.9 Å². The van der Waals surface area contributed by atoms with Gasteiger partial charge in [-0.05, 0) is 23.5 Å². The zero-order chi connectivity index (χ0) is 12.9. The summed E-state index contributed by atoms with van der Waals surface area (Å²) in [5.41, 5.74) is 1.90. The zero-order valence-electron chi connectivity index (χ0n) is 12.0. The van der Waals surface area contributed by atoms with E-state index in [9.17, 15) is 0 Å². The smallest absolute Gasteiger partial charge is 0.200 e. The molecule has 0 aliphatic heterocycles. The second-order valence-corrected chi connectivity index (χ2v) is 11.1. The summed E-state index contributed by atoms with van der Waals surface area (Å²) < 4.78 is 6.46. The van der Waals surface area contributed by atoms with Crippen molar-refractivity contribution in [3.05, 3.63) is 0 Å². The lowest BCUT2D eigenvalue weighted by Crippen LogP contribution is -2.49. The SMILES string of the molecule is C#CC[C@H](C)O[Si](C(C)C)(C(C)C)C(C)C. The van der Waals surface area contributed by atoms with Gasteiger partial charge in [-0.3, -0.25) is 0 Å². The Balaban J connectivity index is 4.99. The lowest BCUT2D eigenvalue weighted by molar-refractivity contribution is 0.196. The maximum absolute atomic E-state index is 6.46.